The lowest BCUT2D eigenvalue weighted by Gasteiger charge is -2.20. The molecule has 2 aromatic heterocycles. The zero-order chi connectivity index (χ0) is 39.3. The molecule has 5 aromatic rings. The molecule has 2 saturated carbocycles. The largest absolute Gasteiger partial charge is 0.488 e. The average Bonchev–Trinajstić information content (AvgIpc) is 4.09. The van der Waals surface area contributed by atoms with Crippen LogP contribution >= 0.6 is 0 Å². The lowest BCUT2D eigenvalue weighted by Crippen LogP contribution is -2.23. The first-order valence-corrected chi connectivity index (χ1v) is 19.0. The fourth-order valence-corrected chi connectivity index (χ4v) is 6.97. The summed E-state index contributed by atoms with van der Waals surface area (Å²) in [5, 5.41) is 18.6. The van der Waals surface area contributed by atoms with Crippen LogP contribution in [-0.2, 0) is 16.1 Å². The maximum Gasteiger partial charge on any atom is 0.303 e. The Balaban J connectivity index is 0.000000172. The minimum absolute atomic E-state index is 0.00932. The van der Waals surface area contributed by atoms with Gasteiger partial charge in [0, 0.05) is 55.8 Å². The predicted molar refractivity (Wildman–Crippen MR) is 203 cm³/mol. The second-order valence-corrected chi connectivity index (χ2v) is 14.9. The Morgan fingerprint density at radius 1 is 0.750 bits per heavy atom. The van der Waals surface area contributed by atoms with Crippen LogP contribution in [0, 0.1) is 41.0 Å². The number of carboxylic acids is 2. The van der Waals surface area contributed by atoms with Crippen molar-refractivity contribution in [3.8, 4) is 34.0 Å². The monoisotopic (exact) mass is 773 g/mol. The third-order valence-corrected chi connectivity index (χ3v) is 10.3. The Morgan fingerprint density at radius 3 is 2.14 bits per heavy atom. The van der Waals surface area contributed by atoms with Gasteiger partial charge in [-0.15, -0.1) is 0 Å². The number of carbonyl (C=O) groups is 2. The van der Waals surface area contributed by atoms with Gasteiger partial charge in [0.1, 0.15) is 17.3 Å². The van der Waals surface area contributed by atoms with Crippen molar-refractivity contribution in [2.45, 2.75) is 57.9 Å². The van der Waals surface area contributed by atoms with Crippen LogP contribution in [0.1, 0.15) is 51.4 Å². The van der Waals surface area contributed by atoms with Crippen LogP contribution in [0.3, 0.4) is 0 Å². The molecule has 9 nitrogen and oxygen atoms in total. The average molecular weight is 774 g/mol. The van der Waals surface area contributed by atoms with Crippen molar-refractivity contribution in [2.75, 3.05) is 31.2 Å². The lowest BCUT2D eigenvalue weighted by atomic mass is 10.0. The second-order valence-electron chi connectivity index (χ2n) is 14.9. The fraction of sp³-hybridized carbons (Fsp3) is 0.372. The van der Waals surface area contributed by atoms with Gasteiger partial charge in [0.15, 0.2) is 17.4 Å². The van der Waals surface area contributed by atoms with Crippen LogP contribution < -0.4 is 14.4 Å². The molecule has 3 heterocycles. The Morgan fingerprint density at radius 2 is 1.46 bits per heavy atom. The highest BCUT2D eigenvalue weighted by molar-refractivity contribution is 5.85. The van der Waals surface area contributed by atoms with Crippen molar-refractivity contribution in [3.05, 3.63) is 96.2 Å². The molecule has 0 amide bonds. The summed E-state index contributed by atoms with van der Waals surface area (Å²) in [5.74, 6) is -3.58. The number of aromatic nitrogens is 2. The van der Waals surface area contributed by atoms with Gasteiger partial charge in [0.2, 0.25) is 5.88 Å². The van der Waals surface area contributed by atoms with Crippen LogP contribution in [0.2, 0.25) is 0 Å². The highest BCUT2D eigenvalue weighted by Crippen LogP contribution is 2.36. The van der Waals surface area contributed by atoms with E-state index < -0.39 is 41.0 Å². The number of fused-ring (bicyclic) bond motifs is 1. The number of carboxylic acid groups (broad SMARTS) is 2. The summed E-state index contributed by atoms with van der Waals surface area (Å²) >= 11 is 0. The minimum Gasteiger partial charge on any atom is -0.488 e. The van der Waals surface area contributed by atoms with E-state index in [0.717, 1.165) is 28.9 Å². The van der Waals surface area contributed by atoms with Gasteiger partial charge in [-0.1, -0.05) is 18.2 Å². The van der Waals surface area contributed by atoms with E-state index in [-0.39, 0.29) is 37.5 Å². The lowest BCUT2D eigenvalue weighted by molar-refractivity contribution is -0.138. The molecule has 1 saturated heterocycles. The molecule has 13 heteroatoms. The van der Waals surface area contributed by atoms with Gasteiger partial charge in [-0.2, -0.15) is 0 Å². The van der Waals surface area contributed by atoms with E-state index in [0.29, 0.717) is 54.7 Å². The molecule has 294 valence electrons. The normalized spacial score (nSPS) is 16.4. The van der Waals surface area contributed by atoms with Gasteiger partial charge in [0.05, 0.1) is 18.9 Å². The van der Waals surface area contributed by atoms with E-state index in [2.05, 4.69) is 21.8 Å². The highest BCUT2D eigenvalue weighted by Gasteiger charge is 2.29. The third-order valence-electron chi connectivity index (χ3n) is 10.3. The Bertz CT molecular complexity index is 2170. The Kier molecular flexibility index (Phi) is 11.8. The van der Waals surface area contributed by atoms with E-state index in [1.807, 2.05) is 18.2 Å². The van der Waals surface area contributed by atoms with Crippen LogP contribution in [-0.4, -0.2) is 58.0 Å². The number of hydrogen-bond donors (Lipinski definition) is 2. The molecule has 3 fully saturated rings. The molecule has 2 aliphatic carbocycles. The first kappa shape index (κ1) is 38.7. The van der Waals surface area contributed by atoms with Crippen LogP contribution in [0.25, 0.3) is 33.3 Å². The molecular formula is C43H43F4N3O6. The number of pyridine rings is 1. The van der Waals surface area contributed by atoms with E-state index in [4.69, 9.17) is 19.7 Å². The summed E-state index contributed by atoms with van der Waals surface area (Å²) in [4.78, 5) is 27.3. The van der Waals surface area contributed by atoms with E-state index >= 15 is 0 Å². The molecule has 0 bridgehead atoms. The zero-order valence-corrected chi connectivity index (χ0v) is 30.7. The summed E-state index contributed by atoms with van der Waals surface area (Å²) in [6.07, 6.45) is 7.59. The molecule has 1 atom stereocenters. The van der Waals surface area contributed by atoms with Crippen molar-refractivity contribution in [3.63, 3.8) is 0 Å². The van der Waals surface area contributed by atoms with E-state index in [1.165, 1.54) is 49.9 Å². The highest BCUT2D eigenvalue weighted by atomic mass is 19.1. The molecule has 0 spiro atoms. The fourth-order valence-electron chi connectivity index (χ4n) is 6.97. The number of benzene rings is 3. The molecule has 2 N–H and O–H groups in total. The van der Waals surface area contributed by atoms with Crippen molar-refractivity contribution >= 4 is 28.5 Å². The quantitative estimate of drug-likeness (QED) is 0.0800. The second kappa shape index (κ2) is 17.1. The van der Waals surface area contributed by atoms with Crippen LogP contribution in [0.5, 0.6) is 11.6 Å². The zero-order valence-electron chi connectivity index (χ0n) is 30.7. The molecule has 3 aliphatic rings. The molecule has 8 rings (SSSR count). The third kappa shape index (κ3) is 9.79. The van der Waals surface area contributed by atoms with Gasteiger partial charge < -0.3 is 29.2 Å². The molecule has 56 heavy (non-hydrogen) atoms. The number of aliphatic carboxylic acids is 2. The molecule has 1 unspecified atom stereocenters. The van der Waals surface area contributed by atoms with Crippen molar-refractivity contribution < 1.29 is 46.8 Å². The SMILES string of the molecule is O=C(O)CC1CCN(c2c(F)cc(-c3cccc(OCC4CC4)n3)cc2F)C1.O=C(O)CCCOc1c(F)cc(-c2ccc3ccn(CC4CC4)c3c2)cc1F. The topological polar surface area (TPSA) is 114 Å². The number of anilines is 1. The number of rotatable bonds is 15. The molecule has 0 radical (unpaired) electrons. The predicted octanol–water partition coefficient (Wildman–Crippen LogP) is 9.36. The van der Waals surface area contributed by atoms with E-state index in [1.54, 1.807) is 23.1 Å². The summed E-state index contributed by atoms with van der Waals surface area (Å²) < 4.78 is 71.3. The van der Waals surface area contributed by atoms with Crippen molar-refractivity contribution in [1.82, 2.24) is 9.55 Å². The van der Waals surface area contributed by atoms with E-state index in [9.17, 15) is 27.2 Å². The number of nitrogens with zero attached hydrogens (tertiary/aromatic N) is 3. The number of hydrogen-bond acceptors (Lipinski definition) is 6. The van der Waals surface area contributed by atoms with Gasteiger partial charge in [-0.25, -0.2) is 22.5 Å². The number of halogens is 4. The van der Waals surface area contributed by atoms with Gasteiger partial charge >= 0.3 is 11.9 Å². The minimum atomic E-state index is -0.971. The van der Waals surface area contributed by atoms with Gasteiger partial charge in [0.25, 0.3) is 0 Å². The first-order chi connectivity index (χ1) is 27.0. The van der Waals surface area contributed by atoms with Gasteiger partial charge in [-0.05, 0) is 115 Å². The maximum absolute atomic E-state index is 14.7. The van der Waals surface area contributed by atoms with Crippen LogP contribution in [0.15, 0.2) is 72.9 Å². The molecular weight excluding hydrogens is 730 g/mol. The Labute approximate surface area is 321 Å². The summed E-state index contributed by atoms with van der Waals surface area (Å²) in [7, 11) is 0. The van der Waals surface area contributed by atoms with Crippen molar-refractivity contribution in [1.29, 1.82) is 0 Å². The summed E-state index contributed by atoms with van der Waals surface area (Å²) in [6, 6.07) is 18.1. The molecule has 1 aliphatic heterocycles. The summed E-state index contributed by atoms with van der Waals surface area (Å²) in [6.45, 7) is 2.31. The smallest absolute Gasteiger partial charge is 0.303 e. The maximum atomic E-state index is 14.7. The standard InChI is InChI=1S/C22H21F2NO3.C21H22F2N2O3/c23-18-10-17(11-19(24)22(18)28-9-1-2-21(26)27)16-6-5-15-7-8-25(20(15)12-16)13-14-3-4-14;22-16-9-15(18-2-1-3-19(24-18)28-12-13-4-5-13)10-17(23)21(16)25-7-6-14(11-25)8-20(26)27/h5-8,10-12,14H,1-4,9,13H2,(H,26,27);1-3,9-10,13-14H,4-8,11-12H2,(H,26,27). The first-order valence-electron chi connectivity index (χ1n) is 19.0. The van der Waals surface area contributed by atoms with Crippen LogP contribution in [0.4, 0.5) is 23.2 Å². The number of ether oxygens (including phenoxy) is 2. The Hall–Kier alpha value is -5.59. The molecule has 3 aromatic carbocycles. The van der Waals surface area contributed by atoms with Crippen molar-refractivity contribution in [2.24, 2.45) is 17.8 Å². The van der Waals surface area contributed by atoms with Gasteiger partial charge in [-0.3, -0.25) is 9.59 Å². The summed E-state index contributed by atoms with van der Waals surface area (Å²) in [5.41, 5.74) is 2.92.